The van der Waals surface area contributed by atoms with Gasteiger partial charge in [0.1, 0.15) is 0 Å². The largest absolute Gasteiger partial charge is 0.378 e. The van der Waals surface area contributed by atoms with Gasteiger partial charge in [-0.1, -0.05) is 6.07 Å². The highest BCUT2D eigenvalue weighted by Gasteiger charge is 2.25. The molecule has 1 amide bonds. The maximum atomic E-state index is 12.5. The van der Waals surface area contributed by atoms with Crippen molar-refractivity contribution in [2.75, 3.05) is 32.1 Å². The Hall–Kier alpha value is -1.55. The molecule has 0 aromatic heterocycles. The molecule has 104 valence electrons. The highest BCUT2D eigenvalue weighted by Crippen LogP contribution is 2.16. The lowest BCUT2D eigenvalue weighted by molar-refractivity contribution is 0.0674. The minimum atomic E-state index is 0.129. The van der Waals surface area contributed by atoms with Gasteiger partial charge in [-0.3, -0.25) is 4.79 Å². The molecular weight excluding hydrogens is 238 g/mol. The van der Waals surface area contributed by atoms with Crippen LogP contribution >= 0.6 is 0 Å². The Labute approximate surface area is 115 Å². The molecule has 0 saturated carbocycles. The Morgan fingerprint density at radius 2 is 1.89 bits per heavy atom. The highest BCUT2D eigenvalue weighted by atomic mass is 16.2. The molecule has 1 saturated heterocycles. The second-order valence-corrected chi connectivity index (χ2v) is 5.62. The molecule has 4 heteroatoms. The number of anilines is 1. The number of piperazine rings is 1. The number of carbonyl (C=O) groups is 1. The zero-order valence-electron chi connectivity index (χ0n) is 12.2. The molecule has 2 atom stereocenters. The average Bonchev–Trinajstić information content (AvgIpc) is 2.37. The first-order chi connectivity index (χ1) is 8.97. The predicted molar refractivity (Wildman–Crippen MR) is 78.7 cm³/mol. The number of nitrogens with zero attached hydrogens (tertiary/aromatic N) is 2. The molecule has 1 heterocycles. The van der Waals surface area contributed by atoms with Gasteiger partial charge in [-0.2, -0.15) is 0 Å². The summed E-state index contributed by atoms with van der Waals surface area (Å²) in [6.45, 7) is 5.78. The van der Waals surface area contributed by atoms with Crippen molar-refractivity contribution in [1.29, 1.82) is 0 Å². The maximum Gasteiger partial charge on any atom is 0.254 e. The van der Waals surface area contributed by atoms with Crippen LogP contribution in [0.3, 0.4) is 0 Å². The van der Waals surface area contributed by atoms with E-state index in [2.05, 4.69) is 19.2 Å². The van der Waals surface area contributed by atoms with Crippen LogP contribution < -0.4 is 10.2 Å². The van der Waals surface area contributed by atoms with Gasteiger partial charge in [0.15, 0.2) is 0 Å². The van der Waals surface area contributed by atoms with Crippen LogP contribution in [0.4, 0.5) is 5.69 Å². The lowest BCUT2D eigenvalue weighted by Gasteiger charge is -2.36. The van der Waals surface area contributed by atoms with Crippen molar-refractivity contribution < 1.29 is 4.79 Å². The molecule has 2 rings (SSSR count). The highest BCUT2D eigenvalue weighted by molar-refractivity contribution is 5.95. The standard InChI is InChI=1S/C15H23N3O/c1-11-9-18(10-12(2)16-11)15(19)13-6-5-7-14(8-13)17(3)4/h5-8,11-12,16H,9-10H2,1-4H3. The van der Waals surface area contributed by atoms with E-state index < -0.39 is 0 Å². The Kier molecular flexibility index (Phi) is 4.10. The summed E-state index contributed by atoms with van der Waals surface area (Å²) in [4.78, 5) is 16.5. The van der Waals surface area contributed by atoms with E-state index in [0.717, 1.165) is 24.3 Å². The molecular formula is C15H23N3O. The van der Waals surface area contributed by atoms with E-state index >= 15 is 0 Å². The van der Waals surface area contributed by atoms with E-state index in [9.17, 15) is 4.79 Å². The van der Waals surface area contributed by atoms with Gasteiger partial charge >= 0.3 is 0 Å². The molecule has 1 fully saturated rings. The molecule has 1 aliphatic rings. The predicted octanol–water partition coefficient (Wildman–Crippen LogP) is 1.58. The van der Waals surface area contributed by atoms with Gasteiger partial charge in [0.2, 0.25) is 0 Å². The quantitative estimate of drug-likeness (QED) is 0.878. The zero-order valence-corrected chi connectivity index (χ0v) is 12.2. The van der Waals surface area contributed by atoms with E-state index in [0.29, 0.717) is 12.1 Å². The minimum Gasteiger partial charge on any atom is -0.378 e. The Bertz CT molecular complexity index is 448. The van der Waals surface area contributed by atoms with E-state index in [1.807, 2.05) is 48.2 Å². The smallest absolute Gasteiger partial charge is 0.254 e. The minimum absolute atomic E-state index is 0.129. The van der Waals surface area contributed by atoms with Crippen molar-refractivity contribution >= 4 is 11.6 Å². The van der Waals surface area contributed by atoms with Crippen LogP contribution in [0.5, 0.6) is 0 Å². The number of carbonyl (C=O) groups excluding carboxylic acids is 1. The molecule has 1 N–H and O–H groups in total. The number of hydrogen-bond acceptors (Lipinski definition) is 3. The topological polar surface area (TPSA) is 35.6 Å². The third-order valence-electron chi connectivity index (χ3n) is 3.45. The molecule has 1 aliphatic heterocycles. The van der Waals surface area contributed by atoms with Gasteiger partial charge in [0.05, 0.1) is 0 Å². The summed E-state index contributed by atoms with van der Waals surface area (Å²) in [5, 5.41) is 3.44. The summed E-state index contributed by atoms with van der Waals surface area (Å²) in [6.07, 6.45) is 0. The Balaban J connectivity index is 2.17. The average molecular weight is 261 g/mol. The lowest BCUT2D eigenvalue weighted by Crippen LogP contribution is -2.55. The number of benzene rings is 1. The maximum absolute atomic E-state index is 12.5. The van der Waals surface area contributed by atoms with Crippen molar-refractivity contribution in [2.45, 2.75) is 25.9 Å². The Morgan fingerprint density at radius 1 is 1.26 bits per heavy atom. The first-order valence-corrected chi connectivity index (χ1v) is 6.80. The van der Waals surface area contributed by atoms with Gasteiger partial charge in [-0.15, -0.1) is 0 Å². The molecule has 2 unspecified atom stereocenters. The van der Waals surface area contributed by atoms with Gasteiger partial charge in [0.25, 0.3) is 5.91 Å². The molecule has 0 spiro atoms. The van der Waals surface area contributed by atoms with Crippen molar-refractivity contribution in [1.82, 2.24) is 10.2 Å². The SMILES string of the molecule is CC1CN(C(=O)c2cccc(N(C)C)c2)CC(C)N1. The first-order valence-electron chi connectivity index (χ1n) is 6.80. The fourth-order valence-electron chi connectivity index (χ4n) is 2.59. The van der Waals surface area contributed by atoms with Crippen LogP contribution in [-0.2, 0) is 0 Å². The third-order valence-corrected chi connectivity index (χ3v) is 3.45. The normalized spacial score (nSPS) is 23.3. The van der Waals surface area contributed by atoms with E-state index in [1.54, 1.807) is 0 Å². The molecule has 4 nitrogen and oxygen atoms in total. The van der Waals surface area contributed by atoms with Crippen molar-refractivity contribution in [3.63, 3.8) is 0 Å². The molecule has 1 aromatic rings. The number of hydrogen-bond donors (Lipinski definition) is 1. The van der Waals surface area contributed by atoms with Gasteiger partial charge < -0.3 is 15.1 Å². The van der Waals surface area contributed by atoms with E-state index in [1.165, 1.54) is 0 Å². The molecule has 0 bridgehead atoms. The van der Waals surface area contributed by atoms with Crippen LogP contribution in [0.2, 0.25) is 0 Å². The second kappa shape index (κ2) is 5.61. The van der Waals surface area contributed by atoms with Crippen molar-refractivity contribution in [3.8, 4) is 0 Å². The van der Waals surface area contributed by atoms with Gasteiger partial charge in [-0.25, -0.2) is 0 Å². The third kappa shape index (κ3) is 3.26. The molecule has 19 heavy (non-hydrogen) atoms. The second-order valence-electron chi connectivity index (χ2n) is 5.62. The number of nitrogens with one attached hydrogen (secondary N) is 1. The van der Waals surface area contributed by atoms with Gasteiger partial charge in [-0.05, 0) is 32.0 Å². The zero-order chi connectivity index (χ0) is 14.0. The molecule has 1 aromatic carbocycles. The summed E-state index contributed by atoms with van der Waals surface area (Å²) in [5.41, 5.74) is 1.83. The number of amides is 1. The summed E-state index contributed by atoms with van der Waals surface area (Å²) in [6, 6.07) is 8.51. The molecule has 0 aliphatic carbocycles. The van der Waals surface area contributed by atoms with E-state index in [-0.39, 0.29) is 5.91 Å². The van der Waals surface area contributed by atoms with Crippen molar-refractivity contribution in [3.05, 3.63) is 29.8 Å². The summed E-state index contributed by atoms with van der Waals surface area (Å²) in [5.74, 6) is 0.129. The first kappa shape index (κ1) is 13.9. The Morgan fingerprint density at radius 3 is 2.47 bits per heavy atom. The fourth-order valence-corrected chi connectivity index (χ4v) is 2.59. The van der Waals surface area contributed by atoms with Crippen LogP contribution in [0.1, 0.15) is 24.2 Å². The summed E-state index contributed by atoms with van der Waals surface area (Å²) in [7, 11) is 3.97. The monoisotopic (exact) mass is 261 g/mol. The van der Waals surface area contributed by atoms with Crippen LogP contribution in [-0.4, -0.2) is 50.1 Å². The van der Waals surface area contributed by atoms with Gasteiger partial charge in [0, 0.05) is 50.5 Å². The van der Waals surface area contributed by atoms with Crippen molar-refractivity contribution in [2.24, 2.45) is 0 Å². The molecule has 0 radical (unpaired) electrons. The summed E-state index contributed by atoms with van der Waals surface area (Å²) < 4.78 is 0. The number of rotatable bonds is 2. The van der Waals surface area contributed by atoms with E-state index in [4.69, 9.17) is 0 Å². The van der Waals surface area contributed by atoms with Crippen LogP contribution in [0, 0.1) is 0 Å². The lowest BCUT2D eigenvalue weighted by atomic mass is 10.1. The summed E-state index contributed by atoms with van der Waals surface area (Å²) >= 11 is 0. The van der Waals surface area contributed by atoms with Crippen LogP contribution in [0.15, 0.2) is 24.3 Å². The van der Waals surface area contributed by atoms with Crippen LogP contribution in [0.25, 0.3) is 0 Å². The fraction of sp³-hybridized carbons (Fsp3) is 0.533.